The number of hydrogen-bond acceptors (Lipinski definition) is 4. The van der Waals surface area contributed by atoms with Crippen molar-refractivity contribution in [2.24, 2.45) is 10.2 Å². The zero-order valence-corrected chi connectivity index (χ0v) is 21.0. The average molecular weight is 509 g/mol. The van der Waals surface area contributed by atoms with Crippen LogP contribution in [0.1, 0.15) is 17.5 Å². The van der Waals surface area contributed by atoms with Gasteiger partial charge in [-0.1, -0.05) is 97.1 Å². The number of benzene rings is 6. The Morgan fingerprint density at radius 1 is 0.513 bits per heavy atom. The van der Waals surface area contributed by atoms with Crippen LogP contribution in [-0.4, -0.2) is 24.2 Å². The van der Waals surface area contributed by atoms with Crippen LogP contribution in [0.25, 0.3) is 43.1 Å². The number of nitrogens with zero attached hydrogens (tertiary/aromatic N) is 2. The van der Waals surface area contributed by atoms with Gasteiger partial charge >= 0.3 is 0 Å². The molecule has 188 valence electrons. The first-order valence-electron chi connectivity index (χ1n) is 12.6. The largest absolute Gasteiger partial charge is 0.273 e. The van der Waals surface area contributed by atoms with E-state index in [0.29, 0.717) is 0 Å². The number of carbonyl (C=O) groups is 2. The number of fused-ring (bicyclic) bond motifs is 4. The minimum Gasteiger partial charge on any atom is -0.273 e. The Labute approximate surface area is 224 Å². The molecule has 0 aliphatic heterocycles. The van der Waals surface area contributed by atoms with Crippen molar-refractivity contribution in [3.05, 3.63) is 120 Å². The summed E-state index contributed by atoms with van der Waals surface area (Å²) in [5, 5.41) is 16.7. The molecule has 2 amide bonds. The Morgan fingerprint density at radius 2 is 0.821 bits per heavy atom. The molecule has 6 aromatic rings. The van der Waals surface area contributed by atoms with Crippen molar-refractivity contribution in [3.8, 4) is 0 Å². The van der Waals surface area contributed by atoms with Crippen LogP contribution in [-0.2, 0) is 9.59 Å². The van der Waals surface area contributed by atoms with Gasteiger partial charge in [0.2, 0.25) is 11.8 Å². The molecule has 0 saturated heterocycles. The predicted octanol–water partition coefficient (Wildman–Crippen LogP) is 6.29. The predicted molar refractivity (Wildman–Crippen MR) is 159 cm³/mol. The maximum atomic E-state index is 12.4. The van der Waals surface area contributed by atoms with Crippen molar-refractivity contribution in [2.75, 3.05) is 0 Å². The first-order chi connectivity index (χ1) is 19.2. The van der Waals surface area contributed by atoms with Gasteiger partial charge in [0.25, 0.3) is 0 Å². The monoisotopic (exact) mass is 508 g/mol. The van der Waals surface area contributed by atoms with E-state index in [0.717, 1.165) is 54.2 Å². The molecule has 2 N–H and O–H groups in total. The van der Waals surface area contributed by atoms with E-state index in [-0.39, 0.29) is 0 Å². The Kier molecular flexibility index (Phi) is 6.50. The maximum Gasteiger partial charge on any atom is 0.249 e. The van der Waals surface area contributed by atoms with Crippen molar-refractivity contribution in [3.63, 3.8) is 0 Å². The minimum atomic E-state index is -0.529. The number of hydrazone groups is 2. The van der Waals surface area contributed by atoms with Crippen molar-refractivity contribution < 1.29 is 9.59 Å². The molecular formula is C33H24N4O2. The second kappa shape index (κ2) is 10.6. The summed E-state index contributed by atoms with van der Waals surface area (Å²) in [6, 6.07) is 36.4. The van der Waals surface area contributed by atoms with E-state index in [1.807, 2.05) is 97.1 Å². The van der Waals surface area contributed by atoms with Crippen molar-refractivity contribution in [1.29, 1.82) is 0 Å². The average Bonchev–Trinajstić information content (AvgIpc) is 2.96. The van der Waals surface area contributed by atoms with Crippen LogP contribution < -0.4 is 10.9 Å². The van der Waals surface area contributed by atoms with Gasteiger partial charge in [0.15, 0.2) is 0 Å². The Morgan fingerprint density at radius 3 is 1.15 bits per heavy atom. The molecule has 0 radical (unpaired) electrons. The molecule has 39 heavy (non-hydrogen) atoms. The minimum absolute atomic E-state index is 0.402. The molecule has 0 saturated carbocycles. The Balaban J connectivity index is 1.15. The van der Waals surface area contributed by atoms with Gasteiger partial charge in [-0.3, -0.25) is 9.59 Å². The van der Waals surface area contributed by atoms with Gasteiger partial charge in [0.05, 0.1) is 12.4 Å². The molecule has 6 nitrogen and oxygen atoms in total. The maximum absolute atomic E-state index is 12.4. The molecular weight excluding hydrogens is 484 g/mol. The van der Waals surface area contributed by atoms with Crippen LogP contribution >= 0.6 is 0 Å². The SMILES string of the molecule is O=C(CC(=O)N/N=C\c1c2ccccc2cc2ccccc12)N/N=C\c1c2ccccc2cc2ccccc12. The fraction of sp³-hybridized carbons (Fsp3) is 0.0303. The summed E-state index contributed by atoms with van der Waals surface area (Å²) in [4.78, 5) is 24.8. The number of amides is 2. The van der Waals surface area contributed by atoms with Crippen LogP contribution in [0.3, 0.4) is 0 Å². The topological polar surface area (TPSA) is 82.9 Å². The second-order valence-corrected chi connectivity index (χ2v) is 9.23. The van der Waals surface area contributed by atoms with E-state index in [9.17, 15) is 9.59 Å². The fourth-order valence-corrected chi connectivity index (χ4v) is 4.94. The molecule has 0 unspecified atom stereocenters. The number of rotatable bonds is 6. The van der Waals surface area contributed by atoms with Gasteiger partial charge < -0.3 is 0 Å². The van der Waals surface area contributed by atoms with E-state index in [4.69, 9.17) is 0 Å². The van der Waals surface area contributed by atoms with Crippen molar-refractivity contribution >= 4 is 67.3 Å². The zero-order chi connectivity index (χ0) is 26.6. The van der Waals surface area contributed by atoms with Gasteiger partial charge in [-0.25, -0.2) is 10.9 Å². The third kappa shape index (κ3) is 4.95. The smallest absolute Gasteiger partial charge is 0.249 e. The van der Waals surface area contributed by atoms with Crippen LogP contribution in [0, 0.1) is 0 Å². The van der Waals surface area contributed by atoms with Gasteiger partial charge in [0.1, 0.15) is 6.42 Å². The highest BCUT2D eigenvalue weighted by molar-refractivity contribution is 6.14. The van der Waals surface area contributed by atoms with Crippen LogP contribution in [0.5, 0.6) is 0 Å². The molecule has 0 fully saturated rings. The number of nitrogens with one attached hydrogen (secondary N) is 2. The Bertz CT molecular complexity index is 1690. The quantitative estimate of drug-likeness (QED) is 0.120. The van der Waals surface area contributed by atoms with Crippen molar-refractivity contribution in [2.45, 2.75) is 6.42 Å². The molecule has 0 bridgehead atoms. The van der Waals surface area contributed by atoms with Gasteiger partial charge in [-0.05, 0) is 55.2 Å². The molecule has 6 heteroatoms. The highest BCUT2D eigenvalue weighted by Crippen LogP contribution is 2.28. The molecule has 0 aliphatic rings. The molecule has 0 aliphatic carbocycles. The summed E-state index contributed by atoms with van der Waals surface area (Å²) in [7, 11) is 0. The van der Waals surface area contributed by atoms with E-state index >= 15 is 0 Å². The Hall–Kier alpha value is -5.36. The second-order valence-electron chi connectivity index (χ2n) is 9.23. The highest BCUT2D eigenvalue weighted by Gasteiger charge is 2.10. The number of carbonyl (C=O) groups excluding carboxylic acids is 2. The highest BCUT2D eigenvalue weighted by atomic mass is 16.2. The summed E-state index contributed by atoms with van der Waals surface area (Å²) < 4.78 is 0. The summed E-state index contributed by atoms with van der Waals surface area (Å²) in [6.07, 6.45) is 2.86. The normalized spacial score (nSPS) is 11.7. The van der Waals surface area contributed by atoms with Gasteiger partial charge in [0, 0.05) is 11.1 Å². The summed E-state index contributed by atoms with van der Waals surface area (Å²) >= 11 is 0. The van der Waals surface area contributed by atoms with E-state index in [2.05, 4.69) is 33.2 Å². The zero-order valence-electron chi connectivity index (χ0n) is 21.0. The molecule has 0 spiro atoms. The number of hydrogen-bond donors (Lipinski definition) is 2. The van der Waals surface area contributed by atoms with Crippen LogP contribution in [0.15, 0.2) is 119 Å². The van der Waals surface area contributed by atoms with E-state index in [1.165, 1.54) is 0 Å². The van der Waals surface area contributed by atoms with Gasteiger partial charge in [-0.2, -0.15) is 10.2 Å². The molecule has 0 heterocycles. The van der Waals surface area contributed by atoms with Crippen LogP contribution in [0.2, 0.25) is 0 Å². The fourth-order valence-electron chi connectivity index (χ4n) is 4.94. The lowest BCUT2D eigenvalue weighted by molar-refractivity contribution is -0.129. The van der Waals surface area contributed by atoms with E-state index in [1.54, 1.807) is 12.4 Å². The lowest BCUT2D eigenvalue weighted by atomic mass is 9.97. The third-order valence-electron chi connectivity index (χ3n) is 6.71. The van der Waals surface area contributed by atoms with Gasteiger partial charge in [-0.15, -0.1) is 0 Å². The van der Waals surface area contributed by atoms with E-state index < -0.39 is 18.2 Å². The first kappa shape index (κ1) is 24.0. The molecule has 0 atom stereocenters. The third-order valence-corrected chi connectivity index (χ3v) is 6.71. The standard InChI is InChI=1S/C33H24N4O2/c38-32(36-34-20-30-26-13-5-1-9-22(26)17-23-10-2-6-14-27(23)30)19-33(39)37-35-21-31-28-15-7-3-11-24(28)18-25-12-4-8-16-29(25)31/h1-18,20-21H,19H2,(H,36,38)(H,37,39)/b34-20-,35-21-. The van der Waals surface area contributed by atoms with Crippen molar-refractivity contribution in [1.82, 2.24) is 10.9 Å². The summed E-state index contributed by atoms with van der Waals surface area (Å²) in [5.74, 6) is -1.06. The first-order valence-corrected chi connectivity index (χ1v) is 12.6. The summed E-state index contributed by atoms with van der Waals surface area (Å²) in [6.45, 7) is 0. The van der Waals surface area contributed by atoms with Crippen LogP contribution in [0.4, 0.5) is 0 Å². The summed E-state index contributed by atoms with van der Waals surface area (Å²) in [5.41, 5.74) is 6.74. The lowest BCUT2D eigenvalue weighted by Gasteiger charge is -2.08. The molecule has 6 rings (SSSR count). The molecule has 6 aromatic carbocycles. The molecule has 0 aromatic heterocycles. The lowest BCUT2D eigenvalue weighted by Crippen LogP contribution is -2.27.